The van der Waals surface area contributed by atoms with Crippen molar-refractivity contribution in [2.45, 2.75) is 39.7 Å². The van der Waals surface area contributed by atoms with Crippen LogP contribution in [-0.2, 0) is 9.53 Å². The predicted molar refractivity (Wildman–Crippen MR) is 56.8 cm³/mol. The zero-order chi connectivity index (χ0) is 10.8. The molecule has 0 saturated heterocycles. The first-order chi connectivity index (χ1) is 6.47. The average Bonchev–Trinajstić information content (AvgIpc) is 2.08. The van der Waals surface area contributed by atoms with Crippen LogP contribution in [0.5, 0.6) is 0 Å². The molecule has 0 aliphatic heterocycles. The molecule has 0 unspecified atom stereocenters. The molecule has 0 spiro atoms. The van der Waals surface area contributed by atoms with E-state index in [-0.39, 0.29) is 17.5 Å². The molecule has 0 N–H and O–H groups in total. The Hall–Kier alpha value is -1.05. The van der Waals surface area contributed by atoms with E-state index in [9.17, 15) is 4.79 Å². The Kier molecular flexibility index (Phi) is 3.14. The van der Waals surface area contributed by atoms with Gasteiger partial charge in [-0.3, -0.25) is 4.79 Å². The summed E-state index contributed by atoms with van der Waals surface area (Å²) in [5.41, 5.74) is 0.980. The second kappa shape index (κ2) is 3.99. The number of carbonyl (C=O) groups is 1. The molecule has 14 heavy (non-hydrogen) atoms. The van der Waals surface area contributed by atoms with Crippen molar-refractivity contribution < 1.29 is 9.53 Å². The maximum atomic E-state index is 10.9. The monoisotopic (exact) mass is 194 g/mol. The van der Waals surface area contributed by atoms with Crippen LogP contribution in [0.15, 0.2) is 24.3 Å². The normalized spacial score (nSPS) is 31.2. The van der Waals surface area contributed by atoms with Crippen LogP contribution >= 0.6 is 0 Å². The van der Waals surface area contributed by atoms with Crippen molar-refractivity contribution in [3.05, 3.63) is 24.3 Å². The van der Waals surface area contributed by atoms with Gasteiger partial charge in [0.1, 0.15) is 6.10 Å². The van der Waals surface area contributed by atoms with E-state index in [0.29, 0.717) is 0 Å². The molecule has 0 amide bonds. The third-order valence-electron chi connectivity index (χ3n) is 3.04. The van der Waals surface area contributed by atoms with Gasteiger partial charge in [0.25, 0.3) is 0 Å². The highest BCUT2D eigenvalue weighted by molar-refractivity contribution is 5.66. The number of carbonyl (C=O) groups excluding carboxylic acids is 1. The van der Waals surface area contributed by atoms with E-state index >= 15 is 0 Å². The highest BCUT2D eigenvalue weighted by Gasteiger charge is 2.37. The zero-order valence-corrected chi connectivity index (χ0v) is 9.17. The minimum absolute atomic E-state index is 0.0968. The Labute approximate surface area is 85.6 Å². The van der Waals surface area contributed by atoms with Gasteiger partial charge in [0.05, 0.1) is 0 Å². The highest BCUT2D eigenvalue weighted by atomic mass is 16.5. The van der Waals surface area contributed by atoms with Gasteiger partial charge in [0.15, 0.2) is 0 Å². The molecule has 0 aromatic rings. The van der Waals surface area contributed by atoms with Crippen LogP contribution in [0.2, 0.25) is 0 Å². The zero-order valence-electron chi connectivity index (χ0n) is 9.17. The molecule has 1 aliphatic rings. The standard InChI is InChI=1S/C12H18O2/c1-9(2)12(4)8-6-5-7-11(12)14-10(3)13/h5,7,11H,1,6,8H2,2-4H3/t11-,12+/m1/s1. The van der Waals surface area contributed by atoms with Gasteiger partial charge in [-0.05, 0) is 25.8 Å². The summed E-state index contributed by atoms with van der Waals surface area (Å²) in [6.07, 6.45) is 5.92. The molecular weight excluding hydrogens is 176 g/mol. The summed E-state index contributed by atoms with van der Waals surface area (Å²) in [6, 6.07) is 0. The lowest BCUT2D eigenvalue weighted by Crippen LogP contribution is -2.37. The molecule has 0 aromatic heterocycles. The Bertz CT molecular complexity index is 278. The van der Waals surface area contributed by atoms with E-state index < -0.39 is 0 Å². The van der Waals surface area contributed by atoms with E-state index in [0.717, 1.165) is 18.4 Å². The van der Waals surface area contributed by atoms with Crippen LogP contribution in [0.25, 0.3) is 0 Å². The number of rotatable bonds is 2. The Morgan fingerprint density at radius 2 is 2.21 bits per heavy atom. The first-order valence-corrected chi connectivity index (χ1v) is 4.96. The number of allylic oxidation sites excluding steroid dienone is 1. The molecule has 1 aliphatic carbocycles. The fourth-order valence-corrected chi connectivity index (χ4v) is 1.76. The lowest BCUT2D eigenvalue weighted by atomic mass is 9.72. The average molecular weight is 194 g/mol. The first-order valence-electron chi connectivity index (χ1n) is 4.96. The number of hydrogen-bond acceptors (Lipinski definition) is 2. The molecule has 0 bridgehead atoms. The summed E-state index contributed by atoms with van der Waals surface area (Å²) in [5.74, 6) is -0.228. The minimum Gasteiger partial charge on any atom is -0.457 e. The van der Waals surface area contributed by atoms with Gasteiger partial charge >= 0.3 is 5.97 Å². The van der Waals surface area contributed by atoms with Gasteiger partial charge in [-0.25, -0.2) is 0 Å². The van der Waals surface area contributed by atoms with Crippen molar-refractivity contribution in [2.75, 3.05) is 0 Å². The molecule has 2 heteroatoms. The van der Waals surface area contributed by atoms with Crippen molar-refractivity contribution in [3.8, 4) is 0 Å². The summed E-state index contributed by atoms with van der Waals surface area (Å²) >= 11 is 0. The van der Waals surface area contributed by atoms with Gasteiger partial charge in [-0.1, -0.05) is 25.2 Å². The van der Waals surface area contributed by atoms with E-state index in [1.54, 1.807) is 0 Å². The van der Waals surface area contributed by atoms with E-state index in [1.165, 1.54) is 6.92 Å². The van der Waals surface area contributed by atoms with Gasteiger partial charge < -0.3 is 4.74 Å². The molecule has 0 heterocycles. The molecule has 78 valence electrons. The summed E-state index contributed by atoms with van der Waals surface area (Å²) in [4.78, 5) is 10.9. The number of ether oxygens (including phenoxy) is 1. The fourth-order valence-electron chi connectivity index (χ4n) is 1.76. The molecule has 2 atom stereocenters. The summed E-state index contributed by atoms with van der Waals surface area (Å²) in [5, 5.41) is 0. The second-order valence-corrected chi connectivity index (χ2v) is 4.19. The topological polar surface area (TPSA) is 26.3 Å². The molecule has 2 nitrogen and oxygen atoms in total. The first kappa shape index (κ1) is 11.0. The fraction of sp³-hybridized carbons (Fsp3) is 0.583. The van der Waals surface area contributed by atoms with Crippen LogP contribution in [0.1, 0.15) is 33.6 Å². The Balaban J connectivity index is 2.87. The molecule has 0 aromatic carbocycles. The van der Waals surface area contributed by atoms with Gasteiger partial charge in [0.2, 0.25) is 0 Å². The predicted octanol–water partition coefficient (Wildman–Crippen LogP) is 2.85. The summed E-state index contributed by atoms with van der Waals surface area (Å²) < 4.78 is 5.28. The smallest absolute Gasteiger partial charge is 0.303 e. The number of esters is 1. The van der Waals surface area contributed by atoms with Crippen LogP contribution in [0, 0.1) is 5.41 Å². The minimum atomic E-state index is -0.228. The maximum absolute atomic E-state index is 10.9. The summed E-state index contributed by atoms with van der Waals surface area (Å²) in [7, 11) is 0. The molecule has 0 radical (unpaired) electrons. The van der Waals surface area contributed by atoms with E-state index in [1.807, 2.05) is 13.0 Å². The number of hydrogen-bond donors (Lipinski definition) is 0. The lowest BCUT2D eigenvalue weighted by Gasteiger charge is -2.38. The quantitative estimate of drug-likeness (QED) is 0.499. The third kappa shape index (κ3) is 2.06. The largest absolute Gasteiger partial charge is 0.457 e. The maximum Gasteiger partial charge on any atom is 0.303 e. The molecule has 1 rings (SSSR count). The van der Waals surface area contributed by atoms with Crippen LogP contribution in [-0.4, -0.2) is 12.1 Å². The van der Waals surface area contributed by atoms with Crippen molar-refractivity contribution >= 4 is 5.97 Å². The molecule has 0 saturated carbocycles. The highest BCUT2D eigenvalue weighted by Crippen LogP contribution is 2.40. The van der Waals surface area contributed by atoms with E-state index in [2.05, 4.69) is 19.6 Å². The van der Waals surface area contributed by atoms with E-state index in [4.69, 9.17) is 4.74 Å². The third-order valence-corrected chi connectivity index (χ3v) is 3.04. The Morgan fingerprint density at radius 3 is 2.71 bits per heavy atom. The van der Waals surface area contributed by atoms with Crippen LogP contribution < -0.4 is 0 Å². The van der Waals surface area contributed by atoms with Crippen molar-refractivity contribution in [1.82, 2.24) is 0 Å². The van der Waals surface area contributed by atoms with Crippen LogP contribution in [0.4, 0.5) is 0 Å². The van der Waals surface area contributed by atoms with Gasteiger partial charge in [-0.2, -0.15) is 0 Å². The summed E-state index contributed by atoms with van der Waals surface area (Å²) in [6.45, 7) is 9.53. The SMILES string of the molecule is C=C(C)[C@]1(C)CCC=C[C@H]1OC(C)=O. The second-order valence-electron chi connectivity index (χ2n) is 4.19. The molecule has 0 fully saturated rings. The van der Waals surface area contributed by atoms with Crippen molar-refractivity contribution in [3.63, 3.8) is 0 Å². The molecular formula is C12H18O2. The van der Waals surface area contributed by atoms with Crippen molar-refractivity contribution in [2.24, 2.45) is 5.41 Å². The van der Waals surface area contributed by atoms with Crippen LogP contribution in [0.3, 0.4) is 0 Å². The van der Waals surface area contributed by atoms with Crippen molar-refractivity contribution in [1.29, 1.82) is 0 Å². The Morgan fingerprint density at radius 1 is 1.57 bits per heavy atom. The van der Waals surface area contributed by atoms with Gasteiger partial charge in [0, 0.05) is 12.3 Å². The van der Waals surface area contributed by atoms with Gasteiger partial charge in [-0.15, -0.1) is 0 Å². The lowest BCUT2D eigenvalue weighted by molar-refractivity contribution is -0.148.